The molecular weight excluding hydrogens is 310 g/mol. The number of amides is 1. The van der Waals surface area contributed by atoms with Crippen molar-refractivity contribution in [1.29, 1.82) is 0 Å². The van der Waals surface area contributed by atoms with Crippen LogP contribution in [0, 0.1) is 12.8 Å². The molecule has 0 saturated carbocycles. The van der Waals surface area contributed by atoms with Crippen LogP contribution in [0.15, 0.2) is 29.4 Å². The molecule has 2 aromatic rings. The standard InChI is InChI=1S/C16H23N5OS/c1-12(2)10-21-16(18-19-20-21)23-11-15(22)17-9-8-14-7-5-4-6-13(14)3/h4-7,12H,8-11H2,1-3H3,(H,17,22). The van der Waals surface area contributed by atoms with Gasteiger partial charge in [-0.1, -0.05) is 49.9 Å². The minimum atomic E-state index is 0.00248. The third kappa shape index (κ3) is 5.67. The van der Waals surface area contributed by atoms with Crippen molar-refractivity contribution >= 4 is 17.7 Å². The molecule has 1 N–H and O–H groups in total. The van der Waals surface area contributed by atoms with Gasteiger partial charge in [-0.2, -0.15) is 0 Å². The molecule has 0 unspecified atom stereocenters. The maximum Gasteiger partial charge on any atom is 0.230 e. The van der Waals surface area contributed by atoms with E-state index >= 15 is 0 Å². The number of rotatable bonds is 8. The number of hydrogen-bond donors (Lipinski definition) is 1. The van der Waals surface area contributed by atoms with Crippen LogP contribution in [0.1, 0.15) is 25.0 Å². The number of carbonyl (C=O) groups is 1. The highest BCUT2D eigenvalue weighted by Gasteiger charge is 2.10. The number of tetrazole rings is 1. The largest absolute Gasteiger partial charge is 0.355 e. The average Bonchev–Trinajstić information content (AvgIpc) is 2.93. The lowest BCUT2D eigenvalue weighted by atomic mass is 10.1. The first kappa shape index (κ1) is 17.5. The van der Waals surface area contributed by atoms with Gasteiger partial charge in [-0.3, -0.25) is 4.79 Å². The summed E-state index contributed by atoms with van der Waals surface area (Å²) in [4.78, 5) is 11.9. The summed E-state index contributed by atoms with van der Waals surface area (Å²) in [5, 5.41) is 15.2. The first-order valence-corrected chi connectivity index (χ1v) is 8.75. The van der Waals surface area contributed by atoms with Crippen molar-refractivity contribution in [3.63, 3.8) is 0 Å². The van der Waals surface area contributed by atoms with Gasteiger partial charge in [-0.25, -0.2) is 4.68 Å². The second-order valence-corrected chi connectivity index (χ2v) is 6.80. The Morgan fingerprint density at radius 3 is 2.87 bits per heavy atom. The van der Waals surface area contributed by atoms with E-state index in [9.17, 15) is 4.79 Å². The van der Waals surface area contributed by atoms with Crippen molar-refractivity contribution in [3.05, 3.63) is 35.4 Å². The molecule has 0 atom stereocenters. The molecule has 1 amide bonds. The Labute approximate surface area is 141 Å². The van der Waals surface area contributed by atoms with E-state index in [1.807, 2.05) is 12.1 Å². The lowest BCUT2D eigenvalue weighted by Gasteiger charge is -2.08. The maximum absolute atomic E-state index is 11.9. The molecule has 0 radical (unpaired) electrons. The lowest BCUT2D eigenvalue weighted by Crippen LogP contribution is -2.27. The number of nitrogens with zero attached hydrogens (tertiary/aromatic N) is 4. The summed E-state index contributed by atoms with van der Waals surface area (Å²) in [7, 11) is 0. The van der Waals surface area contributed by atoms with Gasteiger partial charge >= 0.3 is 0 Å². The van der Waals surface area contributed by atoms with Crippen LogP contribution in [0.4, 0.5) is 0 Å². The third-order valence-electron chi connectivity index (χ3n) is 3.35. The van der Waals surface area contributed by atoms with Gasteiger partial charge < -0.3 is 5.32 Å². The van der Waals surface area contributed by atoms with Gasteiger partial charge in [0.1, 0.15) is 0 Å². The van der Waals surface area contributed by atoms with Crippen molar-refractivity contribution in [1.82, 2.24) is 25.5 Å². The SMILES string of the molecule is Cc1ccccc1CCNC(=O)CSc1nnnn1CC(C)C. The van der Waals surface area contributed by atoms with E-state index in [0.717, 1.165) is 13.0 Å². The Kier molecular flexibility index (Phi) is 6.58. The zero-order valence-corrected chi connectivity index (χ0v) is 14.6. The molecule has 0 bridgehead atoms. The van der Waals surface area contributed by atoms with Crippen LogP contribution in [0.3, 0.4) is 0 Å². The molecule has 1 aromatic carbocycles. The van der Waals surface area contributed by atoms with E-state index in [2.05, 4.69) is 53.7 Å². The molecule has 2 rings (SSSR count). The summed E-state index contributed by atoms with van der Waals surface area (Å²) in [5.74, 6) is 0.787. The monoisotopic (exact) mass is 333 g/mol. The van der Waals surface area contributed by atoms with Crippen LogP contribution in [-0.4, -0.2) is 38.4 Å². The molecular formula is C16H23N5OS. The van der Waals surface area contributed by atoms with Crippen LogP contribution in [0.25, 0.3) is 0 Å². The molecule has 0 fully saturated rings. The van der Waals surface area contributed by atoms with Crippen molar-refractivity contribution in [2.24, 2.45) is 5.92 Å². The number of aromatic nitrogens is 4. The fourth-order valence-corrected chi connectivity index (χ4v) is 2.89. The van der Waals surface area contributed by atoms with E-state index in [4.69, 9.17) is 0 Å². The highest BCUT2D eigenvalue weighted by atomic mass is 32.2. The molecule has 1 aromatic heterocycles. The van der Waals surface area contributed by atoms with Gasteiger partial charge in [0, 0.05) is 13.1 Å². The number of carbonyl (C=O) groups excluding carboxylic acids is 1. The van der Waals surface area contributed by atoms with Crippen LogP contribution < -0.4 is 5.32 Å². The number of nitrogens with one attached hydrogen (secondary N) is 1. The zero-order chi connectivity index (χ0) is 16.7. The predicted molar refractivity (Wildman–Crippen MR) is 91.3 cm³/mol. The van der Waals surface area contributed by atoms with Crippen LogP contribution in [0.5, 0.6) is 0 Å². The fourth-order valence-electron chi connectivity index (χ4n) is 2.17. The Morgan fingerprint density at radius 1 is 1.35 bits per heavy atom. The smallest absolute Gasteiger partial charge is 0.230 e. The average molecular weight is 333 g/mol. The Morgan fingerprint density at radius 2 is 2.13 bits per heavy atom. The first-order valence-electron chi connectivity index (χ1n) is 7.76. The van der Waals surface area contributed by atoms with E-state index in [1.54, 1.807) is 4.68 Å². The van der Waals surface area contributed by atoms with Crippen molar-refractivity contribution in [2.45, 2.75) is 38.9 Å². The van der Waals surface area contributed by atoms with Crippen molar-refractivity contribution in [2.75, 3.05) is 12.3 Å². The minimum absolute atomic E-state index is 0.00248. The van der Waals surface area contributed by atoms with Gasteiger partial charge in [0.25, 0.3) is 0 Å². The molecule has 124 valence electrons. The highest BCUT2D eigenvalue weighted by molar-refractivity contribution is 7.99. The van der Waals surface area contributed by atoms with E-state index < -0.39 is 0 Å². The lowest BCUT2D eigenvalue weighted by molar-refractivity contribution is -0.118. The molecule has 0 spiro atoms. The quantitative estimate of drug-likeness (QED) is 0.749. The summed E-state index contributed by atoms with van der Waals surface area (Å²) in [6.07, 6.45) is 0.841. The zero-order valence-electron chi connectivity index (χ0n) is 13.8. The normalized spacial score (nSPS) is 11.0. The van der Waals surface area contributed by atoms with E-state index in [-0.39, 0.29) is 5.91 Å². The molecule has 7 heteroatoms. The molecule has 0 aliphatic heterocycles. The minimum Gasteiger partial charge on any atom is -0.355 e. The second kappa shape index (κ2) is 8.67. The van der Waals surface area contributed by atoms with Crippen LogP contribution in [-0.2, 0) is 17.8 Å². The highest BCUT2D eigenvalue weighted by Crippen LogP contribution is 2.14. The summed E-state index contributed by atoms with van der Waals surface area (Å²) < 4.78 is 1.75. The summed E-state index contributed by atoms with van der Waals surface area (Å²) in [6.45, 7) is 7.69. The number of benzene rings is 1. The predicted octanol–water partition coefficient (Wildman–Crippen LogP) is 2.09. The fraction of sp³-hybridized carbons (Fsp3) is 0.500. The van der Waals surface area contributed by atoms with Gasteiger partial charge in [0.15, 0.2) is 0 Å². The van der Waals surface area contributed by atoms with Crippen LogP contribution >= 0.6 is 11.8 Å². The number of hydrogen-bond acceptors (Lipinski definition) is 5. The van der Waals surface area contributed by atoms with E-state index in [1.165, 1.54) is 22.9 Å². The topological polar surface area (TPSA) is 72.7 Å². The molecule has 0 aliphatic rings. The summed E-state index contributed by atoms with van der Waals surface area (Å²) >= 11 is 1.37. The Hall–Kier alpha value is -1.89. The second-order valence-electron chi connectivity index (χ2n) is 5.85. The van der Waals surface area contributed by atoms with Crippen LogP contribution in [0.2, 0.25) is 0 Å². The van der Waals surface area contributed by atoms with Gasteiger partial charge in [0.05, 0.1) is 5.75 Å². The van der Waals surface area contributed by atoms with Gasteiger partial charge in [-0.15, -0.1) is 5.10 Å². The molecule has 1 heterocycles. The third-order valence-corrected chi connectivity index (χ3v) is 4.30. The van der Waals surface area contributed by atoms with Crippen molar-refractivity contribution in [3.8, 4) is 0 Å². The first-order chi connectivity index (χ1) is 11.1. The molecule has 0 saturated heterocycles. The Balaban J connectivity index is 1.73. The molecule has 6 nitrogen and oxygen atoms in total. The van der Waals surface area contributed by atoms with Gasteiger partial charge in [-0.05, 0) is 40.8 Å². The number of thioether (sulfide) groups is 1. The van der Waals surface area contributed by atoms with Gasteiger partial charge in [0.2, 0.25) is 11.1 Å². The van der Waals surface area contributed by atoms with Crippen molar-refractivity contribution < 1.29 is 4.79 Å². The Bertz CT molecular complexity index is 641. The maximum atomic E-state index is 11.9. The summed E-state index contributed by atoms with van der Waals surface area (Å²) in [5.41, 5.74) is 2.52. The summed E-state index contributed by atoms with van der Waals surface area (Å²) in [6, 6.07) is 8.22. The number of aryl methyl sites for hydroxylation is 1. The van der Waals surface area contributed by atoms with E-state index in [0.29, 0.717) is 23.4 Å². The molecule has 23 heavy (non-hydrogen) atoms. The molecule has 0 aliphatic carbocycles.